The van der Waals surface area contributed by atoms with Crippen molar-refractivity contribution in [2.45, 2.75) is 38.5 Å². The van der Waals surface area contributed by atoms with Crippen molar-refractivity contribution in [2.24, 2.45) is 5.92 Å². The molecule has 1 aliphatic heterocycles. The number of rotatable bonds is 10. The van der Waals surface area contributed by atoms with Gasteiger partial charge in [-0.3, -0.25) is 9.69 Å². The molecule has 2 fully saturated rings. The van der Waals surface area contributed by atoms with Crippen molar-refractivity contribution in [3.8, 4) is 17.0 Å². The van der Waals surface area contributed by atoms with Gasteiger partial charge in [-0.15, -0.1) is 0 Å². The van der Waals surface area contributed by atoms with Crippen LogP contribution in [-0.2, 0) is 11.2 Å². The molecule has 0 unspecified atom stereocenters. The zero-order valence-corrected chi connectivity index (χ0v) is 20.3. The van der Waals surface area contributed by atoms with Gasteiger partial charge in [0.1, 0.15) is 6.61 Å². The maximum atomic E-state index is 14.7. The molecule has 184 valence electrons. The first-order chi connectivity index (χ1) is 16.6. The van der Waals surface area contributed by atoms with Crippen molar-refractivity contribution in [1.82, 2.24) is 20.1 Å². The second-order valence-corrected chi connectivity index (χ2v) is 9.64. The van der Waals surface area contributed by atoms with Gasteiger partial charge in [0, 0.05) is 50.9 Å². The van der Waals surface area contributed by atoms with E-state index in [4.69, 9.17) is 4.74 Å². The maximum Gasteiger partial charge on any atom is 0.224 e. The molecule has 4 rings (SSSR count). The SMILES string of the molecule is CN1CCN(CCOc2ccc(-c3ccc(CC(=O)NCCC4CCCC4)cc3)c(F)n2)CC1. The van der Waals surface area contributed by atoms with Crippen LogP contribution in [0.1, 0.15) is 37.7 Å². The molecular weight excluding hydrogens is 431 g/mol. The van der Waals surface area contributed by atoms with E-state index in [-0.39, 0.29) is 5.91 Å². The Bertz CT molecular complexity index is 923. The molecule has 7 heteroatoms. The molecule has 2 aromatic rings. The summed E-state index contributed by atoms with van der Waals surface area (Å²) in [6.07, 6.45) is 6.67. The van der Waals surface area contributed by atoms with Crippen LogP contribution in [0.25, 0.3) is 11.1 Å². The topological polar surface area (TPSA) is 57.7 Å². The number of ether oxygens (including phenoxy) is 1. The van der Waals surface area contributed by atoms with Crippen LogP contribution in [0.4, 0.5) is 4.39 Å². The van der Waals surface area contributed by atoms with Crippen LogP contribution in [0.3, 0.4) is 0 Å². The first-order valence-corrected chi connectivity index (χ1v) is 12.6. The first kappa shape index (κ1) is 24.6. The lowest BCUT2D eigenvalue weighted by Crippen LogP contribution is -2.45. The summed E-state index contributed by atoms with van der Waals surface area (Å²) in [5, 5.41) is 3.03. The number of nitrogens with zero attached hydrogens (tertiary/aromatic N) is 3. The Morgan fingerprint density at radius 1 is 1.09 bits per heavy atom. The van der Waals surface area contributed by atoms with Crippen molar-refractivity contribution >= 4 is 5.91 Å². The number of amides is 1. The van der Waals surface area contributed by atoms with E-state index in [9.17, 15) is 9.18 Å². The number of carbonyl (C=O) groups is 1. The summed E-state index contributed by atoms with van der Waals surface area (Å²) in [6.45, 7) is 6.23. The minimum atomic E-state index is -0.547. The highest BCUT2D eigenvalue weighted by Crippen LogP contribution is 2.27. The van der Waals surface area contributed by atoms with Gasteiger partial charge in [0.15, 0.2) is 0 Å². The molecular formula is C27H37FN4O2. The molecule has 1 aromatic heterocycles. The number of halogens is 1. The van der Waals surface area contributed by atoms with E-state index in [0.717, 1.165) is 62.7 Å². The minimum absolute atomic E-state index is 0.0386. The quantitative estimate of drug-likeness (QED) is 0.538. The summed E-state index contributed by atoms with van der Waals surface area (Å²) in [5.41, 5.74) is 2.08. The van der Waals surface area contributed by atoms with E-state index in [0.29, 0.717) is 24.5 Å². The van der Waals surface area contributed by atoms with Gasteiger partial charge in [-0.05, 0) is 36.6 Å². The molecule has 1 aromatic carbocycles. The molecule has 0 atom stereocenters. The average molecular weight is 469 g/mol. The summed E-state index contributed by atoms with van der Waals surface area (Å²) in [7, 11) is 2.13. The van der Waals surface area contributed by atoms with Gasteiger partial charge < -0.3 is 15.0 Å². The summed E-state index contributed by atoms with van der Waals surface area (Å²) < 4.78 is 20.4. The molecule has 0 bridgehead atoms. The van der Waals surface area contributed by atoms with Crippen LogP contribution in [-0.4, -0.2) is 73.6 Å². The average Bonchev–Trinajstić information content (AvgIpc) is 3.35. The molecule has 1 saturated carbocycles. The van der Waals surface area contributed by atoms with E-state index in [1.54, 1.807) is 12.1 Å². The van der Waals surface area contributed by atoms with Gasteiger partial charge in [0.05, 0.1) is 6.42 Å². The number of carbonyl (C=O) groups excluding carboxylic acids is 1. The van der Waals surface area contributed by atoms with Gasteiger partial charge in [-0.2, -0.15) is 9.37 Å². The number of pyridine rings is 1. The molecule has 1 aliphatic carbocycles. The first-order valence-electron chi connectivity index (χ1n) is 12.6. The lowest BCUT2D eigenvalue weighted by Gasteiger charge is -2.32. The number of hydrogen-bond acceptors (Lipinski definition) is 5. The Morgan fingerprint density at radius 3 is 2.53 bits per heavy atom. The zero-order valence-electron chi connectivity index (χ0n) is 20.3. The van der Waals surface area contributed by atoms with Crippen LogP contribution in [0.2, 0.25) is 0 Å². The Labute approximate surface area is 202 Å². The van der Waals surface area contributed by atoms with Crippen molar-refractivity contribution < 1.29 is 13.9 Å². The molecule has 1 saturated heterocycles. The smallest absolute Gasteiger partial charge is 0.224 e. The van der Waals surface area contributed by atoms with Gasteiger partial charge in [0.25, 0.3) is 0 Å². The molecule has 34 heavy (non-hydrogen) atoms. The van der Waals surface area contributed by atoms with E-state index in [2.05, 4.69) is 27.1 Å². The van der Waals surface area contributed by atoms with Crippen LogP contribution >= 0.6 is 0 Å². The molecule has 0 radical (unpaired) electrons. The number of benzene rings is 1. The third-order valence-corrected chi connectivity index (χ3v) is 7.06. The Morgan fingerprint density at radius 2 is 1.82 bits per heavy atom. The summed E-state index contributed by atoms with van der Waals surface area (Å²) >= 11 is 0. The molecule has 1 amide bonds. The van der Waals surface area contributed by atoms with Gasteiger partial charge in [-0.1, -0.05) is 49.9 Å². The Balaban J connectivity index is 1.22. The summed E-state index contributed by atoms with van der Waals surface area (Å²) in [4.78, 5) is 20.9. The number of likely N-dealkylation sites (N-methyl/N-ethyl adjacent to an activating group) is 1. The highest BCUT2D eigenvalue weighted by Gasteiger charge is 2.16. The lowest BCUT2D eigenvalue weighted by atomic mass is 10.0. The third-order valence-electron chi connectivity index (χ3n) is 7.06. The molecule has 6 nitrogen and oxygen atoms in total. The lowest BCUT2D eigenvalue weighted by molar-refractivity contribution is -0.120. The monoisotopic (exact) mass is 468 g/mol. The predicted molar refractivity (Wildman–Crippen MR) is 132 cm³/mol. The number of nitrogens with one attached hydrogen (secondary N) is 1. The molecule has 0 spiro atoms. The predicted octanol–water partition coefficient (Wildman–Crippen LogP) is 3.75. The fraction of sp³-hybridized carbons (Fsp3) is 0.556. The van der Waals surface area contributed by atoms with Gasteiger partial charge >= 0.3 is 0 Å². The fourth-order valence-corrected chi connectivity index (χ4v) is 4.83. The zero-order chi connectivity index (χ0) is 23.8. The largest absolute Gasteiger partial charge is 0.476 e. The maximum absolute atomic E-state index is 14.7. The summed E-state index contributed by atoms with van der Waals surface area (Å²) in [6, 6.07) is 10.9. The van der Waals surface area contributed by atoms with Crippen molar-refractivity contribution in [2.75, 3.05) is 52.9 Å². The van der Waals surface area contributed by atoms with E-state index in [1.165, 1.54) is 25.7 Å². The third kappa shape index (κ3) is 7.24. The van der Waals surface area contributed by atoms with Crippen LogP contribution in [0, 0.1) is 11.9 Å². The summed E-state index contributed by atoms with van der Waals surface area (Å²) in [5.74, 6) is 0.573. The van der Waals surface area contributed by atoms with E-state index >= 15 is 0 Å². The normalized spacial score (nSPS) is 17.7. The van der Waals surface area contributed by atoms with Crippen LogP contribution in [0.15, 0.2) is 36.4 Å². The van der Waals surface area contributed by atoms with Crippen LogP contribution in [0.5, 0.6) is 5.88 Å². The van der Waals surface area contributed by atoms with Crippen molar-refractivity contribution in [1.29, 1.82) is 0 Å². The second-order valence-electron chi connectivity index (χ2n) is 9.64. The fourth-order valence-electron chi connectivity index (χ4n) is 4.83. The highest BCUT2D eigenvalue weighted by molar-refractivity contribution is 5.78. The van der Waals surface area contributed by atoms with Gasteiger partial charge in [-0.25, -0.2) is 0 Å². The van der Waals surface area contributed by atoms with Crippen molar-refractivity contribution in [3.05, 3.63) is 47.9 Å². The standard InChI is InChI=1S/C27H37FN4O2/c1-31-14-16-32(17-15-31)18-19-34-26-11-10-24(27(28)30-26)23-8-6-22(7-9-23)20-25(33)29-13-12-21-4-2-3-5-21/h6-11,21H,2-5,12-20H2,1H3,(H,29,33). The van der Waals surface area contributed by atoms with Crippen molar-refractivity contribution in [3.63, 3.8) is 0 Å². The number of piperazine rings is 1. The highest BCUT2D eigenvalue weighted by atomic mass is 19.1. The molecule has 1 N–H and O–H groups in total. The van der Waals surface area contributed by atoms with E-state index in [1.807, 2.05) is 24.3 Å². The number of aromatic nitrogens is 1. The number of hydrogen-bond donors (Lipinski definition) is 1. The molecule has 2 heterocycles. The Hall–Kier alpha value is -2.51. The van der Waals surface area contributed by atoms with E-state index < -0.39 is 5.95 Å². The second kappa shape index (κ2) is 12.3. The van der Waals surface area contributed by atoms with Crippen LogP contribution < -0.4 is 10.1 Å². The molecule has 2 aliphatic rings. The Kier molecular flexibility index (Phi) is 8.88. The van der Waals surface area contributed by atoms with Gasteiger partial charge in [0.2, 0.25) is 17.7 Å². The minimum Gasteiger partial charge on any atom is -0.476 e.